The van der Waals surface area contributed by atoms with Gasteiger partial charge in [0, 0.05) is 52.7 Å². The highest BCUT2D eigenvalue weighted by Gasteiger charge is 2.29. The molecule has 7 heteroatoms. The van der Waals surface area contributed by atoms with Gasteiger partial charge in [-0.25, -0.2) is 8.42 Å². The SMILES string of the molecule is CC(=O)N1CCc2ccc(S(=O)(=O)N3CCN(Cc4ccccc4)CC3)cc2C1. The zero-order chi connectivity index (χ0) is 20.4. The Morgan fingerprint density at radius 1 is 0.931 bits per heavy atom. The second-order valence-corrected chi connectivity index (χ2v) is 9.72. The molecule has 6 nitrogen and oxygen atoms in total. The standard InChI is InChI=1S/C22H27N3O3S/c1-18(26)24-10-9-20-7-8-22(15-21(20)17-24)29(27,28)25-13-11-23(12-14-25)16-19-5-3-2-4-6-19/h2-8,15H,9-14,16-17H2,1H3. The van der Waals surface area contributed by atoms with Crippen LogP contribution in [0.4, 0.5) is 0 Å². The summed E-state index contributed by atoms with van der Waals surface area (Å²) in [5, 5.41) is 0. The first kappa shape index (κ1) is 20.1. The molecule has 0 aliphatic carbocycles. The van der Waals surface area contributed by atoms with Gasteiger partial charge >= 0.3 is 0 Å². The van der Waals surface area contributed by atoms with Crippen LogP contribution in [0.2, 0.25) is 0 Å². The van der Waals surface area contributed by atoms with Gasteiger partial charge in [0.2, 0.25) is 15.9 Å². The Kier molecular flexibility index (Phi) is 5.72. The van der Waals surface area contributed by atoms with Crippen LogP contribution in [0.5, 0.6) is 0 Å². The van der Waals surface area contributed by atoms with Crippen LogP contribution in [0.25, 0.3) is 0 Å². The Bertz CT molecular complexity index is 984. The van der Waals surface area contributed by atoms with Crippen molar-refractivity contribution in [2.75, 3.05) is 32.7 Å². The van der Waals surface area contributed by atoms with Gasteiger partial charge in [0.15, 0.2) is 0 Å². The van der Waals surface area contributed by atoms with Crippen LogP contribution in [0.1, 0.15) is 23.6 Å². The lowest BCUT2D eigenvalue weighted by molar-refractivity contribution is -0.129. The number of fused-ring (bicyclic) bond motifs is 1. The van der Waals surface area contributed by atoms with E-state index in [9.17, 15) is 13.2 Å². The fourth-order valence-electron chi connectivity index (χ4n) is 4.08. The van der Waals surface area contributed by atoms with E-state index in [1.165, 1.54) is 5.56 Å². The lowest BCUT2D eigenvalue weighted by atomic mass is 10.00. The smallest absolute Gasteiger partial charge is 0.243 e. The Morgan fingerprint density at radius 3 is 2.34 bits per heavy atom. The molecule has 0 radical (unpaired) electrons. The van der Waals surface area contributed by atoms with Gasteiger partial charge in [-0.05, 0) is 35.2 Å². The molecule has 2 aromatic rings. The van der Waals surface area contributed by atoms with E-state index in [0.717, 1.165) is 37.2 Å². The minimum Gasteiger partial charge on any atom is -0.338 e. The molecule has 0 N–H and O–H groups in total. The van der Waals surface area contributed by atoms with E-state index in [-0.39, 0.29) is 5.91 Å². The van der Waals surface area contributed by atoms with E-state index in [1.807, 2.05) is 24.3 Å². The summed E-state index contributed by atoms with van der Waals surface area (Å²) in [6.07, 6.45) is 0.771. The van der Waals surface area contributed by atoms with Crippen LogP contribution in [-0.2, 0) is 34.3 Å². The predicted octanol–water partition coefficient (Wildman–Crippen LogP) is 2.10. The highest BCUT2D eigenvalue weighted by molar-refractivity contribution is 7.89. The zero-order valence-electron chi connectivity index (χ0n) is 16.8. The normalized spacial score (nSPS) is 18.4. The molecule has 2 aliphatic rings. The van der Waals surface area contributed by atoms with Gasteiger partial charge in [0.05, 0.1) is 4.90 Å². The Hall–Kier alpha value is -2.22. The number of hydrogen-bond donors (Lipinski definition) is 0. The number of piperazine rings is 1. The molecule has 4 rings (SSSR count). The minimum absolute atomic E-state index is 0.0263. The van der Waals surface area contributed by atoms with E-state index in [4.69, 9.17) is 0 Å². The van der Waals surface area contributed by atoms with Gasteiger partial charge in [0.1, 0.15) is 0 Å². The number of rotatable bonds is 4. The molecular formula is C22H27N3O3S. The van der Waals surface area contributed by atoms with Gasteiger partial charge in [-0.2, -0.15) is 4.31 Å². The van der Waals surface area contributed by atoms with Crippen molar-refractivity contribution in [1.29, 1.82) is 0 Å². The van der Waals surface area contributed by atoms with Crippen molar-refractivity contribution in [3.05, 3.63) is 65.2 Å². The fourth-order valence-corrected chi connectivity index (χ4v) is 5.55. The Morgan fingerprint density at radius 2 is 1.66 bits per heavy atom. The third-order valence-corrected chi connectivity index (χ3v) is 7.75. The third kappa shape index (κ3) is 4.37. The molecule has 0 aromatic heterocycles. The summed E-state index contributed by atoms with van der Waals surface area (Å²) >= 11 is 0. The van der Waals surface area contributed by atoms with E-state index in [2.05, 4.69) is 17.0 Å². The molecule has 1 fully saturated rings. The van der Waals surface area contributed by atoms with E-state index in [1.54, 1.807) is 28.3 Å². The summed E-state index contributed by atoms with van der Waals surface area (Å²) in [6.45, 7) is 6.00. The molecule has 0 saturated carbocycles. The van der Waals surface area contributed by atoms with Crippen molar-refractivity contribution in [3.63, 3.8) is 0 Å². The second-order valence-electron chi connectivity index (χ2n) is 7.79. The molecule has 1 amide bonds. The molecule has 1 saturated heterocycles. The highest BCUT2D eigenvalue weighted by atomic mass is 32.2. The molecule has 0 spiro atoms. The molecule has 154 valence electrons. The molecule has 0 unspecified atom stereocenters. The van der Waals surface area contributed by atoms with Gasteiger partial charge in [-0.15, -0.1) is 0 Å². The maximum atomic E-state index is 13.2. The van der Waals surface area contributed by atoms with Crippen LogP contribution in [0, 0.1) is 0 Å². The Balaban J connectivity index is 1.44. The quantitative estimate of drug-likeness (QED) is 0.770. The van der Waals surface area contributed by atoms with Crippen molar-refractivity contribution >= 4 is 15.9 Å². The van der Waals surface area contributed by atoms with Crippen LogP contribution < -0.4 is 0 Å². The molecular weight excluding hydrogens is 386 g/mol. The summed E-state index contributed by atoms with van der Waals surface area (Å²) in [7, 11) is -3.53. The Labute approximate surface area is 172 Å². The first-order valence-electron chi connectivity index (χ1n) is 10.1. The van der Waals surface area contributed by atoms with Crippen molar-refractivity contribution < 1.29 is 13.2 Å². The number of hydrogen-bond acceptors (Lipinski definition) is 4. The summed E-state index contributed by atoms with van der Waals surface area (Å²) in [6, 6.07) is 15.6. The second kappa shape index (κ2) is 8.26. The maximum absolute atomic E-state index is 13.2. The number of nitrogens with zero attached hydrogens (tertiary/aromatic N) is 3. The van der Waals surface area contributed by atoms with Crippen LogP contribution >= 0.6 is 0 Å². The van der Waals surface area contributed by atoms with Gasteiger partial charge in [-0.1, -0.05) is 36.4 Å². The fraction of sp³-hybridized carbons (Fsp3) is 0.409. The third-order valence-electron chi connectivity index (χ3n) is 5.85. The number of carbonyl (C=O) groups is 1. The van der Waals surface area contributed by atoms with Gasteiger partial charge < -0.3 is 4.90 Å². The molecule has 0 bridgehead atoms. The van der Waals surface area contributed by atoms with Crippen molar-refractivity contribution in [2.24, 2.45) is 0 Å². The lowest BCUT2D eigenvalue weighted by Gasteiger charge is -2.34. The van der Waals surface area contributed by atoms with Crippen LogP contribution in [0.15, 0.2) is 53.4 Å². The van der Waals surface area contributed by atoms with Crippen molar-refractivity contribution in [1.82, 2.24) is 14.1 Å². The van der Waals surface area contributed by atoms with Gasteiger partial charge in [-0.3, -0.25) is 9.69 Å². The highest BCUT2D eigenvalue weighted by Crippen LogP contribution is 2.25. The molecule has 29 heavy (non-hydrogen) atoms. The first-order valence-corrected chi connectivity index (χ1v) is 11.5. The van der Waals surface area contributed by atoms with E-state index >= 15 is 0 Å². The van der Waals surface area contributed by atoms with Crippen molar-refractivity contribution in [2.45, 2.75) is 31.3 Å². The predicted molar refractivity (Wildman–Crippen MR) is 112 cm³/mol. The monoisotopic (exact) mass is 413 g/mol. The molecule has 2 aromatic carbocycles. The lowest BCUT2D eigenvalue weighted by Crippen LogP contribution is -2.48. The summed E-state index contributed by atoms with van der Waals surface area (Å²) < 4.78 is 27.9. The molecule has 0 atom stereocenters. The number of sulfonamides is 1. The summed E-state index contributed by atoms with van der Waals surface area (Å²) in [4.78, 5) is 16.1. The summed E-state index contributed by atoms with van der Waals surface area (Å²) in [5.41, 5.74) is 3.32. The van der Waals surface area contributed by atoms with E-state index in [0.29, 0.717) is 31.1 Å². The first-order chi connectivity index (χ1) is 13.9. The zero-order valence-corrected chi connectivity index (χ0v) is 17.6. The topological polar surface area (TPSA) is 60.9 Å². The minimum atomic E-state index is -3.53. The van der Waals surface area contributed by atoms with Gasteiger partial charge in [0.25, 0.3) is 0 Å². The molecule has 2 heterocycles. The average Bonchev–Trinajstić information content (AvgIpc) is 2.74. The average molecular weight is 414 g/mol. The molecule has 2 aliphatic heterocycles. The van der Waals surface area contributed by atoms with Crippen LogP contribution in [0.3, 0.4) is 0 Å². The number of amides is 1. The maximum Gasteiger partial charge on any atom is 0.243 e. The van der Waals surface area contributed by atoms with E-state index < -0.39 is 10.0 Å². The van der Waals surface area contributed by atoms with Crippen LogP contribution in [-0.4, -0.2) is 61.2 Å². The summed E-state index contributed by atoms with van der Waals surface area (Å²) in [5.74, 6) is 0.0263. The van der Waals surface area contributed by atoms with Crippen molar-refractivity contribution in [3.8, 4) is 0 Å². The number of carbonyl (C=O) groups excluding carboxylic acids is 1. The number of benzene rings is 2. The largest absolute Gasteiger partial charge is 0.338 e.